The molecule has 0 aromatic heterocycles. The summed E-state index contributed by atoms with van der Waals surface area (Å²) in [6, 6.07) is 4.85. The molecule has 0 spiro atoms. The van der Waals surface area contributed by atoms with Gasteiger partial charge in [-0.1, -0.05) is 6.07 Å². The van der Waals surface area contributed by atoms with Gasteiger partial charge in [0, 0.05) is 32.7 Å². The molecule has 1 aliphatic heterocycles. The van der Waals surface area contributed by atoms with Gasteiger partial charge in [-0.25, -0.2) is 4.39 Å². The first-order valence-corrected chi connectivity index (χ1v) is 7.54. The average Bonchev–Trinajstić information content (AvgIpc) is 2.47. The first-order chi connectivity index (χ1) is 10.1. The van der Waals surface area contributed by atoms with Gasteiger partial charge in [-0.15, -0.1) is 0 Å². The lowest BCUT2D eigenvalue weighted by Gasteiger charge is -2.43. The third-order valence-corrected chi connectivity index (χ3v) is 4.34. The summed E-state index contributed by atoms with van der Waals surface area (Å²) in [6.45, 7) is 5.92. The molecule has 5 heteroatoms. The summed E-state index contributed by atoms with van der Waals surface area (Å²) >= 11 is 0. The Morgan fingerprint density at radius 2 is 2.14 bits per heavy atom. The maximum atomic E-state index is 13.2. The van der Waals surface area contributed by atoms with Crippen molar-refractivity contribution in [3.8, 4) is 0 Å². The van der Waals surface area contributed by atoms with Crippen LogP contribution < -0.4 is 11.3 Å². The van der Waals surface area contributed by atoms with Crippen molar-refractivity contribution in [2.45, 2.75) is 44.8 Å². The highest BCUT2D eigenvalue weighted by atomic mass is 19.1. The van der Waals surface area contributed by atoms with E-state index in [1.807, 2.05) is 19.9 Å². The Morgan fingerprint density at radius 3 is 2.71 bits per heavy atom. The van der Waals surface area contributed by atoms with E-state index >= 15 is 0 Å². The molecule has 1 fully saturated rings. The molecule has 4 nitrogen and oxygen atoms in total. The lowest BCUT2D eigenvalue weighted by atomic mass is 9.82. The molecule has 3 N–H and O–H groups in total. The van der Waals surface area contributed by atoms with Gasteiger partial charge < -0.3 is 9.47 Å². The Kier molecular flexibility index (Phi) is 5.70. The van der Waals surface area contributed by atoms with Crippen LogP contribution in [0.3, 0.4) is 0 Å². The molecule has 0 aliphatic carbocycles. The van der Waals surface area contributed by atoms with E-state index in [1.165, 1.54) is 6.07 Å². The molecule has 0 saturated carbocycles. The van der Waals surface area contributed by atoms with Crippen LogP contribution in [0.4, 0.5) is 4.39 Å². The maximum absolute atomic E-state index is 13.2. The van der Waals surface area contributed by atoms with Crippen molar-refractivity contribution >= 4 is 0 Å². The van der Waals surface area contributed by atoms with E-state index in [0.29, 0.717) is 26.2 Å². The zero-order chi connectivity index (χ0) is 15.3. The summed E-state index contributed by atoms with van der Waals surface area (Å²) < 4.78 is 24.8. The van der Waals surface area contributed by atoms with Crippen LogP contribution in [0.2, 0.25) is 0 Å². The monoisotopic (exact) mass is 296 g/mol. The number of hydrogen-bond acceptors (Lipinski definition) is 4. The number of aryl methyl sites for hydroxylation is 1. The third-order valence-electron chi connectivity index (χ3n) is 4.34. The predicted octanol–water partition coefficient (Wildman–Crippen LogP) is 2.09. The van der Waals surface area contributed by atoms with E-state index in [0.717, 1.165) is 24.0 Å². The highest BCUT2D eigenvalue weighted by Crippen LogP contribution is 2.31. The molecule has 2 rings (SSSR count). The Bertz CT molecular complexity index is 456. The van der Waals surface area contributed by atoms with Gasteiger partial charge in [-0.2, -0.15) is 0 Å². The van der Waals surface area contributed by atoms with Gasteiger partial charge in [-0.3, -0.25) is 11.3 Å². The second-order valence-electron chi connectivity index (χ2n) is 5.60. The summed E-state index contributed by atoms with van der Waals surface area (Å²) in [4.78, 5) is 0. The number of hydrazine groups is 1. The zero-order valence-corrected chi connectivity index (χ0v) is 12.8. The van der Waals surface area contributed by atoms with Crippen LogP contribution in [-0.2, 0) is 15.9 Å². The summed E-state index contributed by atoms with van der Waals surface area (Å²) in [5.74, 6) is 5.59. The van der Waals surface area contributed by atoms with Crippen molar-refractivity contribution in [2.75, 3.05) is 19.8 Å². The fourth-order valence-corrected chi connectivity index (χ4v) is 3.10. The summed E-state index contributed by atoms with van der Waals surface area (Å²) in [5, 5.41) is 0. The minimum Gasteiger partial charge on any atom is -0.381 e. The van der Waals surface area contributed by atoms with Gasteiger partial charge in [0.05, 0.1) is 11.6 Å². The van der Waals surface area contributed by atoms with Gasteiger partial charge in [-0.05, 0) is 43.5 Å². The Hall–Kier alpha value is -1.01. The number of halogens is 1. The highest BCUT2D eigenvalue weighted by Gasteiger charge is 2.40. The van der Waals surface area contributed by atoms with E-state index in [1.54, 1.807) is 6.07 Å². The molecule has 118 valence electrons. The van der Waals surface area contributed by atoms with Crippen LogP contribution in [-0.4, -0.2) is 31.5 Å². The van der Waals surface area contributed by atoms with Crippen molar-refractivity contribution in [3.05, 3.63) is 35.1 Å². The molecule has 21 heavy (non-hydrogen) atoms. The van der Waals surface area contributed by atoms with Crippen LogP contribution in [0.5, 0.6) is 0 Å². The minimum atomic E-state index is -0.317. The van der Waals surface area contributed by atoms with Crippen molar-refractivity contribution in [1.82, 2.24) is 5.43 Å². The molecule has 1 heterocycles. The van der Waals surface area contributed by atoms with Crippen LogP contribution in [0.25, 0.3) is 0 Å². The average molecular weight is 296 g/mol. The highest BCUT2D eigenvalue weighted by molar-refractivity contribution is 5.28. The standard InChI is InChI=1S/C16H25FN2O2/c1-3-21-16(6-8-20-9-7-16)15(19-18)11-13-4-5-14(17)10-12(13)2/h4-5,10,15,19H,3,6-9,11,18H2,1-2H3. The molecule has 1 aliphatic rings. The van der Waals surface area contributed by atoms with Crippen molar-refractivity contribution in [2.24, 2.45) is 5.84 Å². The normalized spacial score (nSPS) is 19.4. The second-order valence-corrected chi connectivity index (χ2v) is 5.60. The van der Waals surface area contributed by atoms with Crippen molar-refractivity contribution < 1.29 is 13.9 Å². The fraction of sp³-hybridized carbons (Fsp3) is 0.625. The SMILES string of the molecule is CCOC1(C(Cc2ccc(F)cc2C)NN)CCOCC1. The molecule has 0 amide bonds. The zero-order valence-electron chi connectivity index (χ0n) is 12.8. The maximum Gasteiger partial charge on any atom is 0.123 e. The quantitative estimate of drug-likeness (QED) is 0.623. The van der Waals surface area contributed by atoms with Gasteiger partial charge in [0.25, 0.3) is 0 Å². The summed E-state index contributed by atoms with van der Waals surface area (Å²) in [6.07, 6.45) is 2.34. The predicted molar refractivity (Wildman–Crippen MR) is 80.4 cm³/mol. The van der Waals surface area contributed by atoms with Gasteiger partial charge in [0.2, 0.25) is 0 Å². The molecule has 0 radical (unpaired) electrons. The third kappa shape index (κ3) is 3.80. The molecule has 0 bridgehead atoms. The van der Waals surface area contributed by atoms with Crippen LogP contribution in [0, 0.1) is 12.7 Å². The topological polar surface area (TPSA) is 56.5 Å². The number of hydrogen-bond donors (Lipinski definition) is 2. The van der Waals surface area contributed by atoms with Crippen LogP contribution >= 0.6 is 0 Å². The molecular weight excluding hydrogens is 271 g/mol. The summed E-state index contributed by atoms with van der Waals surface area (Å²) in [5.41, 5.74) is 4.62. The number of ether oxygens (including phenoxy) is 2. The summed E-state index contributed by atoms with van der Waals surface area (Å²) in [7, 11) is 0. The van der Waals surface area contributed by atoms with Crippen molar-refractivity contribution in [3.63, 3.8) is 0 Å². The van der Waals surface area contributed by atoms with E-state index in [2.05, 4.69) is 5.43 Å². The fourth-order valence-electron chi connectivity index (χ4n) is 3.10. The van der Waals surface area contributed by atoms with Gasteiger partial charge in [0.15, 0.2) is 0 Å². The smallest absolute Gasteiger partial charge is 0.123 e. The molecule has 1 unspecified atom stereocenters. The first-order valence-electron chi connectivity index (χ1n) is 7.54. The first kappa shape index (κ1) is 16.4. The lowest BCUT2D eigenvalue weighted by Crippen LogP contribution is -2.58. The largest absolute Gasteiger partial charge is 0.381 e. The van der Waals surface area contributed by atoms with E-state index in [4.69, 9.17) is 15.3 Å². The Labute approximate surface area is 125 Å². The number of benzene rings is 1. The van der Waals surface area contributed by atoms with Gasteiger partial charge in [0.1, 0.15) is 5.82 Å². The molecule has 1 saturated heterocycles. The number of nitrogens with two attached hydrogens (primary N) is 1. The molecular formula is C16H25FN2O2. The molecule has 1 atom stereocenters. The van der Waals surface area contributed by atoms with Crippen LogP contribution in [0.1, 0.15) is 30.9 Å². The Morgan fingerprint density at radius 1 is 1.43 bits per heavy atom. The lowest BCUT2D eigenvalue weighted by molar-refractivity contribution is -0.126. The van der Waals surface area contributed by atoms with Crippen molar-refractivity contribution in [1.29, 1.82) is 0 Å². The molecule has 1 aromatic rings. The van der Waals surface area contributed by atoms with E-state index in [9.17, 15) is 4.39 Å². The second kappa shape index (κ2) is 7.31. The molecule has 1 aromatic carbocycles. The van der Waals surface area contributed by atoms with E-state index in [-0.39, 0.29) is 17.5 Å². The van der Waals surface area contributed by atoms with E-state index < -0.39 is 0 Å². The number of rotatable bonds is 6. The number of nitrogens with one attached hydrogen (secondary N) is 1. The Balaban J connectivity index is 2.20. The minimum absolute atomic E-state index is 0.0227. The van der Waals surface area contributed by atoms with Gasteiger partial charge >= 0.3 is 0 Å². The van der Waals surface area contributed by atoms with Crippen LogP contribution in [0.15, 0.2) is 18.2 Å².